The van der Waals surface area contributed by atoms with Crippen LogP contribution in [0.1, 0.15) is 15.9 Å². The molecule has 0 aliphatic carbocycles. The molecule has 1 aliphatic rings. The Morgan fingerprint density at radius 3 is 2.26 bits per heavy atom. The lowest BCUT2D eigenvalue weighted by atomic mass is 10.1. The van der Waals surface area contributed by atoms with Crippen LogP contribution in [0.3, 0.4) is 0 Å². The van der Waals surface area contributed by atoms with Crippen LogP contribution in [-0.2, 0) is 6.54 Å². The van der Waals surface area contributed by atoms with Crippen molar-refractivity contribution in [2.24, 2.45) is 0 Å². The smallest absolute Gasteiger partial charge is 0.391 e. The molecule has 7 nitrogen and oxygen atoms in total. The Morgan fingerprint density at radius 2 is 1.62 bits per heavy atom. The van der Waals surface area contributed by atoms with E-state index in [-0.39, 0.29) is 11.8 Å². The summed E-state index contributed by atoms with van der Waals surface area (Å²) in [5.74, 6) is 2.39. The fourth-order valence-electron chi connectivity index (χ4n) is 3.63. The molecule has 1 aromatic heterocycles. The monoisotopic (exact) mass is 476 g/mol. The lowest BCUT2D eigenvalue weighted by molar-refractivity contribution is 0.0992. The van der Waals surface area contributed by atoms with Crippen molar-refractivity contribution in [3.8, 4) is 5.88 Å². The fraction of sp³-hybridized carbons (Fsp3) is 0.269. The Balaban J connectivity index is 1.34. The van der Waals surface area contributed by atoms with E-state index in [1.165, 1.54) is 33.1 Å². The number of aromatic nitrogens is 1. The van der Waals surface area contributed by atoms with Crippen molar-refractivity contribution in [2.75, 3.05) is 48.5 Å². The van der Waals surface area contributed by atoms with Crippen LogP contribution < -0.4 is 14.5 Å². The Bertz CT molecular complexity index is 1100. The summed E-state index contributed by atoms with van der Waals surface area (Å²) in [5.41, 5.74) is 3.14. The number of pyridine rings is 1. The van der Waals surface area contributed by atoms with Crippen LogP contribution >= 0.6 is 11.8 Å². The second-order valence-electron chi connectivity index (χ2n) is 8.07. The first kappa shape index (κ1) is 23.8. The largest absolute Gasteiger partial charge is 0.420 e. The lowest BCUT2D eigenvalue weighted by Gasteiger charge is -2.26. The normalized spacial score (nSPS) is 13.8. The number of carbonyl (C=O) groups excluding carboxylic acids is 2. The van der Waals surface area contributed by atoms with Crippen LogP contribution in [0.5, 0.6) is 5.88 Å². The molecule has 0 saturated carbocycles. The predicted octanol–water partition coefficient (Wildman–Crippen LogP) is 4.54. The van der Waals surface area contributed by atoms with Gasteiger partial charge in [0.2, 0.25) is 5.88 Å². The zero-order chi connectivity index (χ0) is 23.9. The number of para-hydroxylation sites is 1. The molecule has 176 valence electrons. The van der Waals surface area contributed by atoms with Gasteiger partial charge in [0.05, 0.1) is 11.9 Å². The van der Waals surface area contributed by atoms with Gasteiger partial charge in [-0.3, -0.25) is 14.6 Å². The van der Waals surface area contributed by atoms with Gasteiger partial charge in [0.1, 0.15) is 0 Å². The Hall–Kier alpha value is -3.36. The summed E-state index contributed by atoms with van der Waals surface area (Å²) in [6.07, 6.45) is 0.977. The van der Waals surface area contributed by atoms with E-state index in [4.69, 9.17) is 4.74 Å². The van der Waals surface area contributed by atoms with E-state index >= 15 is 0 Å². The maximum absolute atomic E-state index is 12.9. The molecule has 0 spiro atoms. The number of ether oxygens (including phenoxy) is 1. The molecule has 34 heavy (non-hydrogen) atoms. The SMILES string of the molecule is CN(C(=O)Oc1ccc(N(C)C(=O)c2ccc(CN3CCSCC3)cc2)cn1)c1ccccc1. The summed E-state index contributed by atoms with van der Waals surface area (Å²) < 4.78 is 5.35. The second-order valence-corrected chi connectivity index (χ2v) is 9.29. The first-order valence-corrected chi connectivity index (χ1v) is 12.3. The van der Waals surface area contributed by atoms with E-state index < -0.39 is 6.09 Å². The third-order valence-electron chi connectivity index (χ3n) is 5.73. The Morgan fingerprint density at radius 1 is 0.912 bits per heavy atom. The van der Waals surface area contributed by atoms with Crippen LogP contribution in [0.4, 0.5) is 16.2 Å². The molecule has 0 bridgehead atoms. The minimum absolute atomic E-state index is 0.128. The van der Waals surface area contributed by atoms with Crippen LogP contribution in [-0.4, -0.2) is 60.6 Å². The van der Waals surface area contributed by atoms with E-state index in [1.54, 1.807) is 26.2 Å². The first-order valence-electron chi connectivity index (χ1n) is 11.1. The van der Waals surface area contributed by atoms with Gasteiger partial charge in [-0.25, -0.2) is 9.78 Å². The van der Waals surface area contributed by atoms with Gasteiger partial charge in [0.15, 0.2) is 0 Å². The topological polar surface area (TPSA) is 66.0 Å². The fourth-order valence-corrected chi connectivity index (χ4v) is 4.61. The molecule has 0 unspecified atom stereocenters. The van der Waals surface area contributed by atoms with Gasteiger partial charge in [0, 0.05) is 62.6 Å². The molecule has 0 N–H and O–H groups in total. The van der Waals surface area contributed by atoms with Gasteiger partial charge in [-0.1, -0.05) is 30.3 Å². The van der Waals surface area contributed by atoms with Crippen molar-refractivity contribution in [1.29, 1.82) is 0 Å². The second kappa shape index (κ2) is 11.2. The molecule has 8 heteroatoms. The number of carbonyl (C=O) groups is 2. The van der Waals surface area contributed by atoms with E-state index in [0.717, 1.165) is 25.3 Å². The number of thioether (sulfide) groups is 1. The van der Waals surface area contributed by atoms with Gasteiger partial charge in [-0.15, -0.1) is 0 Å². The third-order valence-corrected chi connectivity index (χ3v) is 6.68. The summed E-state index contributed by atoms with van der Waals surface area (Å²) >= 11 is 2.00. The van der Waals surface area contributed by atoms with Gasteiger partial charge >= 0.3 is 6.09 Å². The quantitative estimate of drug-likeness (QED) is 0.520. The highest BCUT2D eigenvalue weighted by atomic mass is 32.2. The van der Waals surface area contributed by atoms with Crippen molar-refractivity contribution >= 4 is 35.1 Å². The Kier molecular flexibility index (Phi) is 7.82. The number of amides is 2. The van der Waals surface area contributed by atoms with Gasteiger partial charge < -0.3 is 9.64 Å². The average Bonchev–Trinajstić information content (AvgIpc) is 2.89. The minimum Gasteiger partial charge on any atom is -0.391 e. The third kappa shape index (κ3) is 5.95. The average molecular weight is 477 g/mol. The molecule has 1 fully saturated rings. The van der Waals surface area contributed by atoms with Gasteiger partial charge in [-0.2, -0.15) is 11.8 Å². The Labute approximate surface area is 204 Å². The van der Waals surface area contributed by atoms with E-state index in [1.807, 2.05) is 66.4 Å². The number of anilines is 2. The zero-order valence-electron chi connectivity index (χ0n) is 19.4. The zero-order valence-corrected chi connectivity index (χ0v) is 20.2. The molecule has 4 rings (SSSR count). The van der Waals surface area contributed by atoms with Crippen LogP contribution in [0.15, 0.2) is 72.9 Å². The number of nitrogens with zero attached hydrogens (tertiary/aromatic N) is 4. The number of hydrogen-bond acceptors (Lipinski definition) is 6. The highest BCUT2D eigenvalue weighted by Crippen LogP contribution is 2.20. The van der Waals surface area contributed by atoms with Crippen molar-refractivity contribution in [3.63, 3.8) is 0 Å². The molecule has 0 radical (unpaired) electrons. The molecular weight excluding hydrogens is 448 g/mol. The highest BCUT2D eigenvalue weighted by molar-refractivity contribution is 7.99. The lowest BCUT2D eigenvalue weighted by Crippen LogP contribution is -2.32. The van der Waals surface area contributed by atoms with Crippen LogP contribution in [0, 0.1) is 0 Å². The molecule has 2 aromatic carbocycles. The maximum atomic E-state index is 12.9. The van der Waals surface area contributed by atoms with Crippen molar-refractivity contribution in [2.45, 2.75) is 6.54 Å². The molecule has 1 saturated heterocycles. The first-order chi connectivity index (χ1) is 16.5. The van der Waals surface area contributed by atoms with Crippen LogP contribution in [0.2, 0.25) is 0 Å². The number of benzene rings is 2. The summed E-state index contributed by atoms with van der Waals surface area (Å²) in [6.45, 7) is 3.12. The molecule has 2 amide bonds. The van der Waals surface area contributed by atoms with E-state index in [9.17, 15) is 9.59 Å². The van der Waals surface area contributed by atoms with Gasteiger partial charge in [-0.05, 0) is 35.9 Å². The van der Waals surface area contributed by atoms with Crippen molar-refractivity contribution in [1.82, 2.24) is 9.88 Å². The summed E-state index contributed by atoms with van der Waals surface area (Å²) in [6, 6.07) is 20.3. The van der Waals surface area contributed by atoms with Crippen molar-refractivity contribution < 1.29 is 14.3 Å². The molecule has 1 aliphatic heterocycles. The van der Waals surface area contributed by atoms with E-state index in [0.29, 0.717) is 11.3 Å². The van der Waals surface area contributed by atoms with E-state index in [2.05, 4.69) is 9.88 Å². The molecule has 0 atom stereocenters. The molecular formula is C26H28N4O3S. The minimum atomic E-state index is -0.542. The summed E-state index contributed by atoms with van der Waals surface area (Å²) in [5, 5.41) is 0. The number of hydrogen-bond donors (Lipinski definition) is 0. The predicted molar refractivity (Wildman–Crippen MR) is 137 cm³/mol. The van der Waals surface area contributed by atoms with Crippen molar-refractivity contribution in [3.05, 3.63) is 84.1 Å². The number of rotatable bonds is 6. The van der Waals surface area contributed by atoms with Gasteiger partial charge in [0.25, 0.3) is 5.91 Å². The van der Waals surface area contributed by atoms with Crippen LogP contribution in [0.25, 0.3) is 0 Å². The maximum Gasteiger partial charge on any atom is 0.420 e. The highest BCUT2D eigenvalue weighted by Gasteiger charge is 2.17. The molecule has 2 heterocycles. The summed E-state index contributed by atoms with van der Waals surface area (Å²) in [4.78, 5) is 34.9. The standard InChI is InChI=1S/C26H28N4O3S/c1-28(25(31)21-10-8-20(9-11-21)19-30-14-16-34-17-15-30)23-12-13-24(27-18-23)33-26(32)29(2)22-6-4-3-5-7-22/h3-13,18H,14-17,19H2,1-2H3. The summed E-state index contributed by atoms with van der Waals surface area (Å²) in [7, 11) is 3.34. The molecule has 3 aromatic rings.